The number of thiazole rings is 1. The second kappa shape index (κ2) is 5.29. The Morgan fingerprint density at radius 2 is 1.90 bits per heavy atom. The number of aromatic carboxylic acids is 1. The maximum Gasteiger partial charge on any atom is 0.355 e. The molecule has 0 aliphatic carbocycles. The van der Waals surface area contributed by atoms with Gasteiger partial charge in [0.15, 0.2) is 28.3 Å². The SMILES string of the molecule is O=C(O)c1csc(NC(=O)c2ccc(F)c(F)c2F)n1. The van der Waals surface area contributed by atoms with Crippen LogP contribution in [0.1, 0.15) is 20.8 Å². The van der Waals surface area contributed by atoms with Crippen molar-refractivity contribution >= 4 is 28.3 Å². The molecule has 1 aromatic carbocycles. The van der Waals surface area contributed by atoms with Crippen molar-refractivity contribution in [1.29, 1.82) is 0 Å². The van der Waals surface area contributed by atoms with Crippen LogP contribution in [0.4, 0.5) is 18.3 Å². The Labute approximate surface area is 113 Å². The van der Waals surface area contributed by atoms with Gasteiger partial charge < -0.3 is 5.11 Å². The molecule has 0 radical (unpaired) electrons. The van der Waals surface area contributed by atoms with Crippen molar-refractivity contribution in [3.8, 4) is 0 Å². The summed E-state index contributed by atoms with van der Waals surface area (Å²) in [6, 6.07) is 1.38. The third-order valence-electron chi connectivity index (χ3n) is 2.22. The molecule has 2 rings (SSSR count). The minimum absolute atomic E-state index is 0.100. The van der Waals surface area contributed by atoms with Crippen molar-refractivity contribution < 1.29 is 27.9 Å². The van der Waals surface area contributed by atoms with Crippen LogP contribution in [-0.4, -0.2) is 22.0 Å². The van der Waals surface area contributed by atoms with Gasteiger partial charge in [-0.2, -0.15) is 0 Å². The van der Waals surface area contributed by atoms with Crippen LogP contribution in [0.3, 0.4) is 0 Å². The summed E-state index contributed by atoms with van der Waals surface area (Å²) in [5.41, 5.74) is -1.01. The van der Waals surface area contributed by atoms with Crippen molar-refractivity contribution in [2.24, 2.45) is 0 Å². The monoisotopic (exact) mass is 302 g/mol. The van der Waals surface area contributed by atoms with Crippen LogP contribution in [-0.2, 0) is 0 Å². The molecule has 0 fully saturated rings. The normalized spacial score (nSPS) is 10.3. The van der Waals surface area contributed by atoms with Gasteiger partial charge in [0.1, 0.15) is 0 Å². The van der Waals surface area contributed by atoms with E-state index in [4.69, 9.17) is 5.11 Å². The smallest absolute Gasteiger partial charge is 0.355 e. The average molecular weight is 302 g/mol. The molecule has 0 atom stereocenters. The predicted octanol–water partition coefficient (Wildman–Crippen LogP) is 2.51. The molecule has 0 unspecified atom stereocenters. The fourth-order valence-corrected chi connectivity index (χ4v) is 1.97. The fourth-order valence-electron chi connectivity index (χ4n) is 1.30. The van der Waals surface area contributed by atoms with E-state index in [1.807, 2.05) is 0 Å². The molecule has 1 amide bonds. The zero-order valence-corrected chi connectivity index (χ0v) is 10.3. The van der Waals surface area contributed by atoms with E-state index >= 15 is 0 Å². The van der Waals surface area contributed by atoms with Crippen molar-refractivity contribution in [3.05, 3.63) is 46.2 Å². The van der Waals surface area contributed by atoms with Gasteiger partial charge in [-0.25, -0.2) is 22.9 Å². The molecule has 0 spiro atoms. The first-order valence-electron chi connectivity index (χ1n) is 5.04. The summed E-state index contributed by atoms with van der Waals surface area (Å²) < 4.78 is 39.1. The maximum atomic E-state index is 13.4. The summed E-state index contributed by atoms with van der Waals surface area (Å²) in [7, 11) is 0. The highest BCUT2D eigenvalue weighted by Crippen LogP contribution is 2.19. The van der Waals surface area contributed by atoms with Crippen molar-refractivity contribution in [2.75, 3.05) is 5.32 Å². The number of halogens is 3. The molecule has 2 aromatic rings. The molecule has 5 nitrogen and oxygen atoms in total. The Balaban J connectivity index is 2.24. The lowest BCUT2D eigenvalue weighted by molar-refractivity contribution is 0.0691. The van der Waals surface area contributed by atoms with Crippen molar-refractivity contribution in [2.45, 2.75) is 0 Å². The molecular formula is C11H5F3N2O3S. The number of carbonyl (C=O) groups is 2. The number of carboxylic acids is 1. The van der Waals surface area contributed by atoms with Crippen LogP contribution >= 0.6 is 11.3 Å². The van der Waals surface area contributed by atoms with Crippen LogP contribution in [0.15, 0.2) is 17.5 Å². The van der Waals surface area contributed by atoms with Crippen molar-refractivity contribution in [3.63, 3.8) is 0 Å². The molecule has 20 heavy (non-hydrogen) atoms. The Morgan fingerprint density at radius 3 is 2.50 bits per heavy atom. The van der Waals surface area contributed by atoms with E-state index in [2.05, 4.69) is 10.3 Å². The second-order valence-corrected chi connectivity index (χ2v) is 4.38. The Morgan fingerprint density at radius 1 is 1.20 bits per heavy atom. The Kier molecular flexibility index (Phi) is 3.70. The van der Waals surface area contributed by atoms with Gasteiger partial charge in [0, 0.05) is 5.38 Å². The Bertz CT molecular complexity index is 702. The molecule has 2 N–H and O–H groups in total. The highest BCUT2D eigenvalue weighted by molar-refractivity contribution is 7.14. The van der Waals surface area contributed by atoms with Crippen molar-refractivity contribution in [1.82, 2.24) is 4.98 Å². The van der Waals surface area contributed by atoms with Gasteiger partial charge in [-0.3, -0.25) is 10.1 Å². The number of amides is 1. The number of carboxylic acid groups (broad SMARTS) is 1. The molecule has 104 valence electrons. The quantitative estimate of drug-likeness (QED) is 0.854. The van der Waals surface area contributed by atoms with Crippen LogP contribution in [0.25, 0.3) is 0 Å². The number of nitrogens with one attached hydrogen (secondary N) is 1. The molecule has 0 saturated carbocycles. The molecule has 9 heteroatoms. The molecular weight excluding hydrogens is 297 g/mol. The summed E-state index contributed by atoms with van der Waals surface area (Å²) in [5, 5.41) is 11.8. The van der Waals surface area contributed by atoms with E-state index in [9.17, 15) is 22.8 Å². The molecule has 0 aliphatic heterocycles. The zero-order chi connectivity index (χ0) is 14.9. The number of anilines is 1. The molecule has 1 heterocycles. The number of benzene rings is 1. The van der Waals surface area contributed by atoms with Gasteiger partial charge in [-0.15, -0.1) is 11.3 Å². The summed E-state index contributed by atoms with van der Waals surface area (Å²) in [6.07, 6.45) is 0. The highest BCUT2D eigenvalue weighted by Gasteiger charge is 2.20. The van der Waals surface area contributed by atoms with E-state index in [1.165, 1.54) is 5.38 Å². The molecule has 0 aliphatic rings. The number of hydrogen-bond donors (Lipinski definition) is 2. The average Bonchev–Trinajstić information content (AvgIpc) is 2.84. The first-order chi connectivity index (χ1) is 9.40. The topological polar surface area (TPSA) is 79.3 Å². The third-order valence-corrected chi connectivity index (χ3v) is 2.98. The molecule has 0 saturated heterocycles. The van der Waals surface area contributed by atoms with Crippen LogP contribution in [0.5, 0.6) is 0 Å². The van der Waals surface area contributed by atoms with Crippen LogP contribution in [0.2, 0.25) is 0 Å². The molecule has 0 bridgehead atoms. The summed E-state index contributed by atoms with van der Waals surface area (Å²) >= 11 is 0.800. The zero-order valence-electron chi connectivity index (χ0n) is 9.49. The van der Waals surface area contributed by atoms with Gasteiger partial charge in [0.25, 0.3) is 5.91 Å². The minimum atomic E-state index is -1.76. The van der Waals surface area contributed by atoms with E-state index in [0.717, 1.165) is 17.4 Å². The van der Waals surface area contributed by atoms with E-state index in [-0.39, 0.29) is 10.8 Å². The standard InChI is InChI=1S/C11H5F3N2O3S/c12-5-2-1-4(7(13)8(5)14)9(17)16-11-15-6(3-20-11)10(18)19/h1-3H,(H,18,19)(H,15,16,17). The highest BCUT2D eigenvalue weighted by atomic mass is 32.1. The van der Waals surface area contributed by atoms with Gasteiger partial charge in [-0.1, -0.05) is 0 Å². The number of carbonyl (C=O) groups excluding carboxylic acids is 1. The van der Waals surface area contributed by atoms with Gasteiger partial charge in [0.2, 0.25) is 0 Å². The first kappa shape index (κ1) is 14.0. The lowest BCUT2D eigenvalue weighted by atomic mass is 10.2. The second-order valence-electron chi connectivity index (χ2n) is 3.52. The number of rotatable bonds is 3. The molecule has 1 aromatic heterocycles. The van der Waals surface area contributed by atoms with E-state index in [0.29, 0.717) is 6.07 Å². The maximum absolute atomic E-state index is 13.4. The largest absolute Gasteiger partial charge is 0.476 e. The van der Waals surface area contributed by atoms with Crippen LogP contribution < -0.4 is 5.32 Å². The minimum Gasteiger partial charge on any atom is -0.476 e. The first-order valence-corrected chi connectivity index (χ1v) is 5.91. The third kappa shape index (κ3) is 2.62. The van der Waals surface area contributed by atoms with Crippen LogP contribution in [0, 0.1) is 17.5 Å². The lowest BCUT2D eigenvalue weighted by Gasteiger charge is -2.04. The van der Waals surface area contributed by atoms with Gasteiger partial charge in [-0.05, 0) is 12.1 Å². The summed E-state index contributed by atoms with van der Waals surface area (Å²) in [4.78, 5) is 25.8. The summed E-state index contributed by atoms with van der Waals surface area (Å²) in [6.45, 7) is 0. The lowest BCUT2D eigenvalue weighted by Crippen LogP contribution is -2.15. The number of hydrogen-bond acceptors (Lipinski definition) is 4. The van der Waals surface area contributed by atoms with Gasteiger partial charge >= 0.3 is 5.97 Å². The fraction of sp³-hybridized carbons (Fsp3) is 0. The van der Waals surface area contributed by atoms with E-state index in [1.54, 1.807) is 0 Å². The number of aromatic nitrogens is 1. The Hall–Kier alpha value is -2.42. The summed E-state index contributed by atoms with van der Waals surface area (Å²) in [5.74, 6) is -7.16. The predicted molar refractivity (Wildman–Crippen MR) is 63.3 cm³/mol. The number of nitrogens with zero attached hydrogens (tertiary/aromatic N) is 1. The van der Waals surface area contributed by atoms with Gasteiger partial charge in [0.05, 0.1) is 5.56 Å². The van der Waals surface area contributed by atoms with E-state index < -0.39 is 34.9 Å².